The first-order valence-corrected chi connectivity index (χ1v) is 10.4. The maximum Gasteiger partial charge on any atom is 0.194 e. The van der Waals surface area contributed by atoms with E-state index >= 15 is 0 Å². The van der Waals surface area contributed by atoms with Crippen LogP contribution in [0.3, 0.4) is 0 Å². The second-order valence-corrected chi connectivity index (χ2v) is 7.52. The van der Waals surface area contributed by atoms with Crippen molar-refractivity contribution >= 4 is 11.6 Å². The Kier molecular flexibility index (Phi) is 7.16. The Balaban J connectivity index is 1.59. The van der Waals surface area contributed by atoms with Crippen molar-refractivity contribution in [2.24, 2.45) is 4.99 Å². The minimum absolute atomic E-state index is 0.650. The van der Waals surface area contributed by atoms with Crippen molar-refractivity contribution in [3.63, 3.8) is 0 Å². The van der Waals surface area contributed by atoms with Crippen LogP contribution in [0.1, 0.15) is 32.3 Å². The molecular formula is C22H35N5. The largest absolute Gasteiger partial charge is 0.364 e. The minimum atomic E-state index is 0.650. The van der Waals surface area contributed by atoms with Crippen molar-refractivity contribution in [1.82, 2.24) is 15.1 Å². The molecule has 0 bridgehead atoms. The van der Waals surface area contributed by atoms with E-state index in [0.717, 1.165) is 38.7 Å². The van der Waals surface area contributed by atoms with Crippen LogP contribution < -0.4 is 10.2 Å². The van der Waals surface area contributed by atoms with E-state index in [1.165, 1.54) is 30.6 Å². The Labute approximate surface area is 164 Å². The zero-order valence-corrected chi connectivity index (χ0v) is 17.2. The number of likely N-dealkylation sites (N-methyl/N-ethyl adjacent to an activating group) is 2. The van der Waals surface area contributed by atoms with Crippen molar-refractivity contribution in [3.8, 4) is 0 Å². The second kappa shape index (κ2) is 9.79. The molecule has 1 atom stereocenters. The standard InChI is InChI=1S/C22H35N5/c1-4-23-22(25(3)18-21-9-8-16-26(21)5-2)24-17-19-10-12-20(13-11-19)27-14-6-7-15-27/h6-7,10-13,21H,4-5,8-9,14-18H2,1-3H3,(H,23,24). The molecule has 1 saturated heterocycles. The summed E-state index contributed by atoms with van der Waals surface area (Å²) in [6.45, 7) is 11.5. The monoisotopic (exact) mass is 369 g/mol. The van der Waals surface area contributed by atoms with E-state index in [-0.39, 0.29) is 0 Å². The van der Waals surface area contributed by atoms with E-state index in [9.17, 15) is 0 Å². The van der Waals surface area contributed by atoms with Crippen LogP contribution in [0.4, 0.5) is 5.69 Å². The molecule has 0 saturated carbocycles. The van der Waals surface area contributed by atoms with Gasteiger partial charge in [0.15, 0.2) is 5.96 Å². The van der Waals surface area contributed by atoms with Crippen LogP contribution in [0.15, 0.2) is 41.4 Å². The molecule has 1 aromatic rings. The molecule has 5 nitrogen and oxygen atoms in total. The third kappa shape index (κ3) is 5.25. The molecule has 2 aliphatic heterocycles. The lowest BCUT2D eigenvalue weighted by molar-refractivity contribution is 0.232. The quantitative estimate of drug-likeness (QED) is 0.455. The fourth-order valence-corrected chi connectivity index (χ4v) is 4.06. The lowest BCUT2D eigenvalue weighted by Gasteiger charge is -2.29. The third-order valence-electron chi connectivity index (χ3n) is 5.62. The van der Waals surface area contributed by atoms with E-state index in [1.54, 1.807) is 0 Å². The van der Waals surface area contributed by atoms with Crippen LogP contribution in [-0.2, 0) is 6.54 Å². The first-order valence-electron chi connectivity index (χ1n) is 10.4. The van der Waals surface area contributed by atoms with Crippen LogP contribution in [0, 0.1) is 0 Å². The topological polar surface area (TPSA) is 34.1 Å². The summed E-state index contributed by atoms with van der Waals surface area (Å²) in [5.41, 5.74) is 2.54. The third-order valence-corrected chi connectivity index (χ3v) is 5.62. The summed E-state index contributed by atoms with van der Waals surface area (Å²) < 4.78 is 0. The van der Waals surface area contributed by atoms with Gasteiger partial charge in [0.2, 0.25) is 0 Å². The average molecular weight is 370 g/mol. The SMILES string of the molecule is CCNC(=NCc1ccc(N2CC=CC2)cc1)N(C)CC1CCCN1CC. The number of nitrogens with zero attached hydrogens (tertiary/aromatic N) is 4. The maximum atomic E-state index is 4.89. The number of aliphatic imine (C=N–C) groups is 1. The zero-order chi connectivity index (χ0) is 19.1. The molecular weight excluding hydrogens is 334 g/mol. The van der Waals surface area contributed by atoms with Gasteiger partial charge in [-0.25, -0.2) is 4.99 Å². The molecule has 1 N–H and O–H groups in total. The highest BCUT2D eigenvalue weighted by Gasteiger charge is 2.24. The molecule has 0 aliphatic carbocycles. The number of hydrogen-bond donors (Lipinski definition) is 1. The van der Waals surface area contributed by atoms with Gasteiger partial charge in [0, 0.05) is 45.0 Å². The maximum absolute atomic E-state index is 4.89. The van der Waals surface area contributed by atoms with Gasteiger partial charge < -0.3 is 15.1 Å². The molecule has 27 heavy (non-hydrogen) atoms. The van der Waals surface area contributed by atoms with Gasteiger partial charge in [-0.15, -0.1) is 0 Å². The Morgan fingerprint density at radius 2 is 1.93 bits per heavy atom. The lowest BCUT2D eigenvalue weighted by Crippen LogP contribution is -2.45. The Bertz CT molecular complexity index is 629. The molecule has 5 heteroatoms. The van der Waals surface area contributed by atoms with Gasteiger partial charge in [0.25, 0.3) is 0 Å². The fourth-order valence-electron chi connectivity index (χ4n) is 4.06. The smallest absolute Gasteiger partial charge is 0.194 e. The predicted molar refractivity (Wildman–Crippen MR) is 116 cm³/mol. The van der Waals surface area contributed by atoms with Crippen molar-refractivity contribution in [1.29, 1.82) is 0 Å². The molecule has 148 valence electrons. The van der Waals surface area contributed by atoms with Crippen molar-refractivity contribution < 1.29 is 0 Å². The number of guanidine groups is 1. The minimum Gasteiger partial charge on any atom is -0.364 e. The number of nitrogens with one attached hydrogen (secondary N) is 1. The number of rotatable bonds is 7. The molecule has 2 heterocycles. The summed E-state index contributed by atoms with van der Waals surface area (Å²) in [4.78, 5) is 12.1. The Hall–Kier alpha value is -2.01. The molecule has 0 radical (unpaired) electrons. The average Bonchev–Trinajstić information content (AvgIpc) is 3.37. The number of likely N-dealkylation sites (tertiary alicyclic amines) is 1. The normalized spacial score (nSPS) is 20.5. The summed E-state index contributed by atoms with van der Waals surface area (Å²) in [5.74, 6) is 1.01. The van der Waals surface area contributed by atoms with Gasteiger partial charge in [-0.05, 0) is 50.6 Å². The first-order chi connectivity index (χ1) is 13.2. The van der Waals surface area contributed by atoms with Gasteiger partial charge in [0.1, 0.15) is 0 Å². The number of benzene rings is 1. The van der Waals surface area contributed by atoms with Crippen LogP contribution in [-0.4, -0.2) is 68.1 Å². The molecule has 0 aromatic heterocycles. The molecule has 1 fully saturated rings. The number of anilines is 1. The summed E-state index contributed by atoms with van der Waals surface area (Å²) >= 11 is 0. The zero-order valence-electron chi connectivity index (χ0n) is 17.2. The van der Waals surface area contributed by atoms with Gasteiger partial charge in [-0.1, -0.05) is 31.2 Å². The Morgan fingerprint density at radius 3 is 2.59 bits per heavy atom. The van der Waals surface area contributed by atoms with E-state index in [1.807, 2.05) is 0 Å². The summed E-state index contributed by atoms with van der Waals surface area (Å²) in [7, 11) is 2.16. The summed E-state index contributed by atoms with van der Waals surface area (Å²) in [6, 6.07) is 9.49. The highest BCUT2D eigenvalue weighted by atomic mass is 15.3. The van der Waals surface area contributed by atoms with Crippen LogP contribution in [0.2, 0.25) is 0 Å². The van der Waals surface area contributed by atoms with Crippen molar-refractivity contribution in [2.45, 2.75) is 39.3 Å². The molecule has 3 rings (SSSR count). The molecule has 1 aromatic carbocycles. The van der Waals surface area contributed by atoms with Crippen LogP contribution >= 0.6 is 0 Å². The number of hydrogen-bond acceptors (Lipinski definition) is 3. The molecule has 0 amide bonds. The van der Waals surface area contributed by atoms with E-state index in [4.69, 9.17) is 4.99 Å². The van der Waals surface area contributed by atoms with Gasteiger partial charge in [-0.2, -0.15) is 0 Å². The van der Waals surface area contributed by atoms with Crippen LogP contribution in [0.5, 0.6) is 0 Å². The summed E-state index contributed by atoms with van der Waals surface area (Å²) in [6.07, 6.45) is 7.06. The highest BCUT2D eigenvalue weighted by molar-refractivity contribution is 5.79. The van der Waals surface area contributed by atoms with Gasteiger partial charge in [-0.3, -0.25) is 4.90 Å². The molecule has 2 aliphatic rings. The molecule has 1 unspecified atom stereocenters. The molecule has 0 spiro atoms. The van der Waals surface area contributed by atoms with Crippen molar-refractivity contribution in [2.75, 3.05) is 51.2 Å². The predicted octanol–water partition coefficient (Wildman–Crippen LogP) is 2.94. The first kappa shape index (κ1) is 19.7. The summed E-state index contributed by atoms with van der Waals surface area (Å²) in [5, 5.41) is 3.46. The van der Waals surface area contributed by atoms with Gasteiger partial charge in [0.05, 0.1) is 6.54 Å². The highest BCUT2D eigenvalue weighted by Crippen LogP contribution is 2.19. The second-order valence-electron chi connectivity index (χ2n) is 7.52. The lowest BCUT2D eigenvalue weighted by atomic mass is 10.2. The van der Waals surface area contributed by atoms with E-state index < -0.39 is 0 Å². The van der Waals surface area contributed by atoms with E-state index in [0.29, 0.717) is 12.6 Å². The van der Waals surface area contributed by atoms with Crippen molar-refractivity contribution in [3.05, 3.63) is 42.0 Å². The van der Waals surface area contributed by atoms with Gasteiger partial charge >= 0.3 is 0 Å². The fraction of sp³-hybridized carbons (Fsp3) is 0.591. The Morgan fingerprint density at radius 1 is 1.19 bits per heavy atom. The van der Waals surface area contributed by atoms with E-state index in [2.05, 4.69) is 77.3 Å². The van der Waals surface area contributed by atoms with Crippen LogP contribution in [0.25, 0.3) is 0 Å².